The molecule has 0 atom stereocenters. The molecule has 5 rings (SSSR count). The lowest BCUT2D eigenvalue weighted by molar-refractivity contribution is 0.0938. The lowest BCUT2D eigenvalue weighted by Crippen LogP contribution is -2.44. The van der Waals surface area contributed by atoms with Crippen LogP contribution in [0.2, 0.25) is 0 Å². The number of nitrogens with two attached hydrogens (primary N) is 1. The number of nitrogens with zero attached hydrogens (tertiary/aromatic N) is 2. The molecule has 2 heterocycles. The summed E-state index contributed by atoms with van der Waals surface area (Å²) in [6.07, 6.45) is 1.79. The van der Waals surface area contributed by atoms with Crippen LogP contribution in [0.1, 0.15) is 43.2 Å². The van der Waals surface area contributed by atoms with Gasteiger partial charge in [-0.15, -0.1) is 0 Å². The van der Waals surface area contributed by atoms with E-state index < -0.39 is 28.1 Å². The van der Waals surface area contributed by atoms with Gasteiger partial charge in [0.25, 0.3) is 22.3 Å². The van der Waals surface area contributed by atoms with Crippen LogP contribution in [-0.2, 0) is 19.5 Å². The molecule has 0 saturated heterocycles. The molecule has 0 radical (unpaired) electrons. The Balaban J connectivity index is 1.26. The molecule has 1 amide bonds. The standard InChI is InChI=1S/C26H21N5O5/c27-19-20(23(34)22(19)33)31-9-8-15-7-6-14(10-17(15)13-31)11-29-26(36)24-28-12-18(25(35)30-24)21(32)16-4-2-1-3-5-16/h1-7,10,12H,8-9,11,13,27H2,(H,29,36)(H,28,30,35). The third-order valence-electron chi connectivity index (χ3n) is 6.27. The fourth-order valence-electron chi connectivity index (χ4n) is 4.31. The Bertz CT molecular complexity index is 1630. The average molecular weight is 483 g/mol. The molecular formula is C26H21N5O5. The van der Waals surface area contributed by atoms with Gasteiger partial charge in [-0.25, -0.2) is 4.98 Å². The molecule has 4 N–H and O–H groups in total. The number of nitrogen functional groups attached to an aromatic ring is 1. The lowest BCUT2D eigenvalue weighted by Gasteiger charge is -2.32. The van der Waals surface area contributed by atoms with Gasteiger partial charge in [0.15, 0.2) is 11.6 Å². The van der Waals surface area contributed by atoms with Crippen molar-refractivity contribution in [3.63, 3.8) is 0 Å². The Kier molecular flexibility index (Phi) is 5.77. The minimum absolute atomic E-state index is 0.00449. The molecule has 0 bridgehead atoms. The van der Waals surface area contributed by atoms with Gasteiger partial charge in [-0.2, -0.15) is 0 Å². The molecule has 4 aromatic rings. The van der Waals surface area contributed by atoms with Crippen LogP contribution in [-0.4, -0.2) is 28.2 Å². The topological polar surface area (TPSA) is 155 Å². The molecule has 10 nitrogen and oxygen atoms in total. The summed E-state index contributed by atoms with van der Waals surface area (Å²) in [5, 5.41) is 2.71. The second-order valence-corrected chi connectivity index (χ2v) is 8.55. The molecule has 1 aromatic heterocycles. The number of carbonyl (C=O) groups is 2. The largest absolute Gasteiger partial charge is 0.394 e. The number of hydrogen-bond donors (Lipinski definition) is 3. The average Bonchev–Trinajstić information content (AvgIpc) is 2.91. The predicted molar refractivity (Wildman–Crippen MR) is 133 cm³/mol. The van der Waals surface area contributed by atoms with E-state index in [1.54, 1.807) is 35.2 Å². The molecule has 10 heteroatoms. The predicted octanol–water partition coefficient (Wildman–Crippen LogP) is 0.672. The number of ketones is 1. The SMILES string of the molecule is Nc1c(N2CCc3ccc(CNC(=O)c4ncc(C(=O)c5ccccc5)c(=O)[nH]4)cc3C2)c(=O)c1=O. The molecule has 36 heavy (non-hydrogen) atoms. The second kappa shape index (κ2) is 9.06. The number of amides is 1. The molecule has 1 aliphatic rings. The third kappa shape index (κ3) is 4.09. The number of rotatable bonds is 6. The molecule has 0 spiro atoms. The number of fused-ring (bicyclic) bond motifs is 1. The fourth-order valence-corrected chi connectivity index (χ4v) is 4.31. The van der Waals surface area contributed by atoms with Gasteiger partial charge in [0.05, 0.1) is 0 Å². The monoisotopic (exact) mass is 483 g/mol. The van der Waals surface area contributed by atoms with E-state index in [-0.39, 0.29) is 29.3 Å². The first kappa shape index (κ1) is 22.9. The van der Waals surface area contributed by atoms with E-state index in [4.69, 9.17) is 5.73 Å². The smallest absolute Gasteiger partial charge is 0.287 e. The number of anilines is 2. The zero-order valence-corrected chi connectivity index (χ0v) is 19.0. The van der Waals surface area contributed by atoms with Gasteiger partial charge in [-0.05, 0) is 23.1 Å². The minimum atomic E-state index is -0.699. The van der Waals surface area contributed by atoms with Gasteiger partial charge in [-0.1, -0.05) is 48.5 Å². The van der Waals surface area contributed by atoms with Crippen LogP contribution in [0, 0.1) is 0 Å². The number of aromatic amines is 1. The van der Waals surface area contributed by atoms with Crippen molar-refractivity contribution in [2.75, 3.05) is 17.2 Å². The lowest BCUT2D eigenvalue weighted by atomic mass is 9.96. The summed E-state index contributed by atoms with van der Waals surface area (Å²) in [6, 6.07) is 14.1. The summed E-state index contributed by atoms with van der Waals surface area (Å²) in [5.74, 6) is -1.28. The van der Waals surface area contributed by atoms with E-state index in [2.05, 4.69) is 15.3 Å². The first-order valence-electron chi connectivity index (χ1n) is 11.2. The quantitative estimate of drug-likeness (QED) is 0.267. The van der Waals surface area contributed by atoms with Gasteiger partial charge in [0, 0.05) is 31.4 Å². The molecule has 0 saturated carbocycles. The van der Waals surface area contributed by atoms with Crippen molar-refractivity contribution in [2.24, 2.45) is 0 Å². The van der Waals surface area contributed by atoms with Crippen molar-refractivity contribution < 1.29 is 9.59 Å². The molecule has 0 aliphatic carbocycles. The van der Waals surface area contributed by atoms with Crippen molar-refractivity contribution in [3.8, 4) is 0 Å². The van der Waals surface area contributed by atoms with Gasteiger partial charge in [-0.3, -0.25) is 24.0 Å². The highest BCUT2D eigenvalue weighted by atomic mass is 16.2. The molecule has 0 fully saturated rings. The number of carbonyl (C=O) groups excluding carboxylic acids is 2. The third-order valence-corrected chi connectivity index (χ3v) is 6.27. The van der Waals surface area contributed by atoms with Crippen LogP contribution in [0.3, 0.4) is 0 Å². The van der Waals surface area contributed by atoms with Crippen LogP contribution >= 0.6 is 0 Å². The highest BCUT2D eigenvalue weighted by Crippen LogP contribution is 2.26. The maximum Gasteiger partial charge on any atom is 0.287 e. The van der Waals surface area contributed by atoms with Crippen molar-refractivity contribution in [2.45, 2.75) is 19.5 Å². The van der Waals surface area contributed by atoms with Crippen LogP contribution in [0.15, 0.2) is 69.1 Å². The number of H-pyrrole nitrogens is 1. The maximum absolute atomic E-state index is 12.6. The Morgan fingerprint density at radius 2 is 1.81 bits per heavy atom. The molecule has 0 unspecified atom stereocenters. The number of hydrogen-bond acceptors (Lipinski definition) is 8. The zero-order chi connectivity index (χ0) is 25.4. The Morgan fingerprint density at radius 1 is 1.03 bits per heavy atom. The summed E-state index contributed by atoms with van der Waals surface area (Å²) < 4.78 is 0. The van der Waals surface area contributed by atoms with Crippen molar-refractivity contribution >= 4 is 23.1 Å². The molecular weight excluding hydrogens is 462 g/mol. The zero-order valence-electron chi connectivity index (χ0n) is 19.0. The van der Waals surface area contributed by atoms with E-state index >= 15 is 0 Å². The Labute approximate surface area is 204 Å². The van der Waals surface area contributed by atoms with E-state index in [0.717, 1.165) is 22.9 Å². The Hall–Kier alpha value is -4.86. The summed E-state index contributed by atoms with van der Waals surface area (Å²) in [4.78, 5) is 69.0. The first-order valence-corrected chi connectivity index (χ1v) is 11.2. The summed E-state index contributed by atoms with van der Waals surface area (Å²) in [6.45, 7) is 1.18. The van der Waals surface area contributed by atoms with Crippen LogP contribution in [0.5, 0.6) is 0 Å². The van der Waals surface area contributed by atoms with Gasteiger partial charge in [0.1, 0.15) is 16.9 Å². The summed E-state index contributed by atoms with van der Waals surface area (Å²) in [7, 11) is 0. The number of nitrogens with one attached hydrogen (secondary N) is 2. The summed E-state index contributed by atoms with van der Waals surface area (Å²) in [5.41, 5.74) is 7.17. The number of aromatic nitrogens is 2. The highest BCUT2D eigenvalue weighted by molar-refractivity contribution is 6.08. The normalized spacial score (nSPS) is 12.8. The van der Waals surface area contributed by atoms with E-state index in [9.17, 15) is 24.0 Å². The minimum Gasteiger partial charge on any atom is -0.394 e. The fraction of sp³-hybridized carbons (Fsp3) is 0.154. The first-order chi connectivity index (χ1) is 17.3. The number of benzene rings is 2. The van der Waals surface area contributed by atoms with E-state index in [0.29, 0.717) is 25.1 Å². The van der Waals surface area contributed by atoms with Crippen LogP contribution in [0.4, 0.5) is 11.4 Å². The second-order valence-electron chi connectivity index (χ2n) is 8.55. The van der Waals surface area contributed by atoms with E-state index in [1.807, 2.05) is 18.2 Å². The van der Waals surface area contributed by atoms with Crippen LogP contribution < -0.4 is 32.4 Å². The molecule has 1 aliphatic heterocycles. The molecule has 180 valence electrons. The van der Waals surface area contributed by atoms with E-state index in [1.165, 1.54) is 0 Å². The van der Waals surface area contributed by atoms with Gasteiger partial charge < -0.3 is 20.9 Å². The Morgan fingerprint density at radius 3 is 2.53 bits per heavy atom. The van der Waals surface area contributed by atoms with Crippen molar-refractivity contribution in [1.82, 2.24) is 15.3 Å². The maximum atomic E-state index is 12.6. The highest BCUT2D eigenvalue weighted by Gasteiger charge is 2.27. The van der Waals surface area contributed by atoms with Gasteiger partial charge in [0.2, 0.25) is 0 Å². The summed E-state index contributed by atoms with van der Waals surface area (Å²) >= 11 is 0. The molecule has 3 aromatic carbocycles. The van der Waals surface area contributed by atoms with Gasteiger partial charge >= 0.3 is 0 Å². The van der Waals surface area contributed by atoms with Crippen molar-refractivity contribution in [3.05, 3.63) is 119 Å². The van der Waals surface area contributed by atoms with Crippen molar-refractivity contribution in [1.29, 1.82) is 0 Å². The van der Waals surface area contributed by atoms with Crippen LogP contribution in [0.25, 0.3) is 0 Å².